The third-order valence-electron chi connectivity index (χ3n) is 5.67. The van der Waals surface area contributed by atoms with E-state index in [4.69, 9.17) is 9.26 Å². The SMILES string of the molecule is CON=C1CN(c2ncc(-c3cccc(CO[Si](C)(C)C(C)(C)C)c3F)cn2)C1. The minimum atomic E-state index is -1.95. The van der Waals surface area contributed by atoms with Crippen LogP contribution in [0.25, 0.3) is 11.1 Å². The minimum absolute atomic E-state index is 0.0788. The summed E-state index contributed by atoms with van der Waals surface area (Å²) in [7, 11) is -0.424. The van der Waals surface area contributed by atoms with Crippen LogP contribution in [0.1, 0.15) is 26.3 Å². The molecular formula is C21H29FN4O2Si. The van der Waals surface area contributed by atoms with Crippen LogP contribution < -0.4 is 4.90 Å². The lowest BCUT2D eigenvalue weighted by Gasteiger charge is -2.36. The number of anilines is 1. The van der Waals surface area contributed by atoms with E-state index in [-0.39, 0.29) is 17.5 Å². The highest BCUT2D eigenvalue weighted by atomic mass is 28.4. The Balaban J connectivity index is 1.73. The fourth-order valence-corrected chi connectivity index (χ4v) is 3.68. The Kier molecular flexibility index (Phi) is 6.04. The predicted octanol–water partition coefficient (Wildman–Crippen LogP) is 4.63. The number of hydrogen-bond donors (Lipinski definition) is 0. The zero-order chi connectivity index (χ0) is 21.2. The van der Waals surface area contributed by atoms with Gasteiger partial charge in [-0.05, 0) is 18.1 Å². The molecule has 1 aliphatic heterocycles. The lowest BCUT2D eigenvalue weighted by molar-refractivity contribution is 0.211. The molecule has 8 heteroatoms. The number of hydrogen-bond acceptors (Lipinski definition) is 6. The van der Waals surface area contributed by atoms with Crippen molar-refractivity contribution in [3.05, 3.63) is 42.0 Å². The van der Waals surface area contributed by atoms with Gasteiger partial charge in [-0.3, -0.25) is 0 Å². The molecule has 0 atom stereocenters. The van der Waals surface area contributed by atoms with Crippen molar-refractivity contribution in [2.75, 3.05) is 25.1 Å². The summed E-state index contributed by atoms with van der Waals surface area (Å²) >= 11 is 0. The Morgan fingerprint density at radius 2 is 1.83 bits per heavy atom. The van der Waals surface area contributed by atoms with Crippen LogP contribution in [0.15, 0.2) is 35.7 Å². The van der Waals surface area contributed by atoms with E-state index in [1.165, 1.54) is 7.11 Å². The minimum Gasteiger partial charge on any atom is -0.412 e. The highest BCUT2D eigenvalue weighted by molar-refractivity contribution is 6.74. The molecule has 1 aromatic carbocycles. The molecule has 0 amide bonds. The van der Waals surface area contributed by atoms with Crippen LogP contribution in [0, 0.1) is 5.82 Å². The van der Waals surface area contributed by atoms with Crippen molar-refractivity contribution >= 4 is 20.0 Å². The fraction of sp³-hybridized carbons (Fsp3) is 0.476. The standard InChI is InChI=1S/C21H29FN4O2Si/c1-21(2,3)29(5,6)28-14-15-8-7-9-18(19(15)22)16-10-23-20(24-11-16)26-12-17(13-26)25-27-4/h7-11H,12-14H2,1-6H3. The first-order valence-corrected chi connectivity index (χ1v) is 12.6. The van der Waals surface area contributed by atoms with Crippen molar-refractivity contribution in [2.24, 2.45) is 5.16 Å². The van der Waals surface area contributed by atoms with Gasteiger partial charge in [0.2, 0.25) is 5.95 Å². The number of benzene rings is 1. The Morgan fingerprint density at radius 1 is 1.17 bits per heavy atom. The maximum Gasteiger partial charge on any atom is 0.225 e. The molecule has 0 bridgehead atoms. The first kappa shape index (κ1) is 21.4. The molecule has 1 fully saturated rings. The molecule has 0 radical (unpaired) electrons. The van der Waals surface area contributed by atoms with Gasteiger partial charge in [0.05, 0.1) is 25.4 Å². The molecule has 3 rings (SSSR count). The number of rotatable bonds is 6. The Morgan fingerprint density at radius 3 is 2.41 bits per heavy atom. The van der Waals surface area contributed by atoms with Crippen LogP contribution in [0.4, 0.5) is 10.3 Å². The van der Waals surface area contributed by atoms with Gasteiger partial charge in [-0.2, -0.15) is 0 Å². The summed E-state index contributed by atoms with van der Waals surface area (Å²) in [5.41, 5.74) is 2.63. The molecule has 0 aliphatic carbocycles. The highest BCUT2D eigenvalue weighted by Gasteiger charge is 2.37. The molecule has 2 heterocycles. The zero-order valence-electron chi connectivity index (χ0n) is 18.0. The van der Waals surface area contributed by atoms with Gasteiger partial charge in [0.25, 0.3) is 0 Å². The van der Waals surface area contributed by atoms with Crippen LogP contribution in [-0.2, 0) is 15.9 Å². The maximum atomic E-state index is 15.1. The lowest BCUT2D eigenvalue weighted by atomic mass is 10.1. The van der Waals surface area contributed by atoms with E-state index in [2.05, 4.69) is 49.0 Å². The number of oxime groups is 1. The monoisotopic (exact) mass is 416 g/mol. The Hall–Kier alpha value is -2.32. The van der Waals surface area contributed by atoms with Gasteiger partial charge >= 0.3 is 0 Å². The van der Waals surface area contributed by atoms with Crippen LogP contribution in [0.2, 0.25) is 18.1 Å². The first-order chi connectivity index (χ1) is 13.6. The van der Waals surface area contributed by atoms with Gasteiger partial charge in [-0.25, -0.2) is 14.4 Å². The van der Waals surface area contributed by atoms with Gasteiger partial charge in [0, 0.05) is 29.1 Å². The van der Waals surface area contributed by atoms with E-state index in [0.29, 0.717) is 35.7 Å². The molecule has 2 aromatic rings. The van der Waals surface area contributed by atoms with Gasteiger partial charge in [-0.15, -0.1) is 0 Å². The molecule has 0 spiro atoms. The zero-order valence-corrected chi connectivity index (χ0v) is 19.0. The molecule has 0 saturated carbocycles. The molecule has 1 aromatic heterocycles. The summed E-state index contributed by atoms with van der Waals surface area (Å²) in [5.74, 6) is 0.322. The first-order valence-electron chi connectivity index (χ1n) is 9.70. The predicted molar refractivity (Wildman–Crippen MR) is 116 cm³/mol. The molecule has 0 unspecified atom stereocenters. The van der Waals surface area contributed by atoms with Crippen LogP contribution in [0.3, 0.4) is 0 Å². The van der Waals surface area contributed by atoms with Crippen molar-refractivity contribution < 1.29 is 13.7 Å². The van der Waals surface area contributed by atoms with Crippen molar-refractivity contribution in [1.29, 1.82) is 0 Å². The summed E-state index contributed by atoms with van der Waals surface area (Å²) in [6, 6.07) is 5.37. The Bertz CT molecular complexity index is 887. The van der Waals surface area contributed by atoms with Crippen molar-refractivity contribution in [3.63, 3.8) is 0 Å². The van der Waals surface area contributed by atoms with E-state index in [0.717, 1.165) is 5.71 Å². The van der Waals surface area contributed by atoms with E-state index >= 15 is 4.39 Å². The van der Waals surface area contributed by atoms with E-state index in [1.807, 2.05) is 11.0 Å². The number of nitrogens with zero attached hydrogens (tertiary/aromatic N) is 4. The van der Waals surface area contributed by atoms with Gasteiger partial charge in [-0.1, -0.05) is 44.1 Å². The van der Waals surface area contributed by atoms with E-state index in [1.54, 1.807) is 24.5 Å². The second kappa shape index (κ2) is 8.20. The smallest absolute Gasteiger partial charge is 0.225 e. The molecule has 156 valence electrons. The quantitative estimate of drug-likeness (QED) is 0.508. The summed E-state index contributed by atoms with van der Waals surface area (Å²) in [4.78, 5) is 15.5. The van der Waals surface area contributed by atoms with E-state index in [9.17, 15) is 0 Å². The van der Waals surface area contributed by atoms with Crippen molar-refractivity contribution in [1.82, 2.24) is 9.97 Å². The number of halogens is 1. The van der Waals surface area contributed by atoms with Crippen molar-refractivity contribution in [2.45, 2.75) is 45.5 Å². The van der Waals surface area contributed by atoms with Crippen molar-refractivity contribution in [3.8, 4) is 11.1 Å². The normalized spacial score (nSPS) is 14.6. The maximum absolute atomic E-state index is 15.1. The topological polar surface area (TPSA) is 59.8 Å². The van der Waals surface area contributed by atoms with Gasteiger partial charge < -0.3 is 14.2 Å². The van der Waals surface area contributed by atoms with Crippen LogP contribution in [-0.4, -0.2) is 44.2 Å². The largest absolute Gasteiger partial charge is 0.412 e. The summed E-state index contributed by atoms with van der Waals surface area (Å²) in [5, 5.41) is 3.98. The molecule has 1 saturated heterocycles. The molecule has 6 nitrogen and oxygen atoms in total. The van der Waals surface area contributed by atoms with Crippen LogP contribution in [0.5, 0.6) is 0 Å². The second-order valence-corrected chi connectivity index (χ2v) is 13.6. The highest BCUT2D eigenvalue weighted by Crippen LogP contribution is 2.37. The summed E-state index contributed by atoms with van der Waals surface area (Å²) in [6.45, 7) is 12.4. The molecule has 0 N–H and O–H groups in total. The Labute approximate surface area is 172 Å². The fourth-order valence-electron chi connectivity index (χ4n) is 2.74. The lowest BCUT2D eigenvalue weighted by Crippen LogP contribution is -2.48. The third-order valence-corrected chi connectivity index (χ3v) is 10.2. The second-order valence-electron chi connectivity index (χ2n) is 8.80. The molecule has 29 heavy (non-hydrogen) atoms. The van der Waals surface area contributed by atoms with Gasteiger partial charge in [0.15, 0.2) is 8.32 Å². The summed E-state index contributed by atoms with van der Waals surface area (Å²) < 4.78 is 21.3. The third kappa shape index (κ3) is 4.64. The number of aromatic nitrogens is 2. The molecule has 1 aliphatic rings. The average Bonchev–Trinajstić information content (AvgIpc) is 2.63. The molecular weight excluding hydrogens is 387 g/mol. The summed E-state index contributed by atoms with van der Waals surface area (Å²) in [6.07, 6.45) is 3.31. The average molecular weight is 417 g/mol. The van der Waals surface area contributed by atoms with E-state index < -0.39 is 8.32 Å². The van der Waals surface area contributed by atoms with Gasteiger partial charge in [0.1, 0.15) is 12.9 Å². The van der Waals surface area contributed by atoms with Crippen LogP contribution >= 0.6 is 0 Å².